The van der Waals surface area contributed by atoms with Gasteiger partial charge in [-0.3, -0.25) is 4.98 Å². The highest BCUT2D eigenvalue weighted by Gasteiger charge is 2.27. The van der Waals surface area contributed by atoms with E-state index >= 15 is 0 Å². The van der Waals surface area contributed by atoms with Crippen LogP contribution in [0.5, 0.6) is 0 Å². The van der Waals surface area contributed by atoms with Crippen molar-refractivity contribution in [2.75, 3.05) is 0 Å². The summed E-state index contributed by atoms with van der Waals surface area (Å²) in [5, 5.41) is 4.71. The van der Waals surface area contributed by atoms with Crippen molar-refractivity contribution in [2.45, 2.75) is 19.3 Å². The number of hydrogen-bond acceptors (Lipinski definition) is 6. The minimum Gasteiger partial charge on any atom is -0.365 e. The van der Waals surface area contributed by atoms with E-state index in [1.807, 2.05) is 47.0 Å². The highest BCUT2D eigenvalue weighted by atomic mass is 35.5. The summed E-state index contributed by atoms with van der Waals surface area (Å²) in [6.07, 6.45) is 3.33. The van der Waals surface area contributed by atoms with E-state index < -0.39 is 0 Å². The van der Waals surface area contributed by atoms with Gasteiger partial charge in [0.15, 0.2) is 5.69 Å². The molecule has 8 heteroatoms. The molecule has 1 aliphatic heterocycles. The van der Waals surface area contributed by atoms with Crippen molar-refractivity contribution in [1.82, 2.24) is 24.7 Å². The van der Waals surface area contributed by atoms with Gasteiger partial charge in [0.25, 0.3) is 5.89 Å². The van der Waals surface area contributed by atoms with Crippen molar-refractivity contribution < 1.29 is 9.26 Å². The van der Waals surface area contributed by atoms with Crippen LogP contribution in [0.25, 0.3) is 23.1 Å². The first-order valence-electron chi connectivity index (χ1n) is 8.45. The molecule has 0 saturated carbocycles. The predicted molar refractivity (Wildman–Crippen MR) is 97.7 cm³/mol. The minimum atomic E-state index is -0.125. The molecule has 0 amide bonds. The molecule has 7 nitrogen and oxygen atoms in total. The third-order valence-electron chi connectivity index (χ3n) is 4.50. The van der Waals surface area contributed by atoms with E-state index in [1.54, 1.807) is 12.5 Å². The lowest BCUT2D eigenvalue weighted by Crippen LogP contribution is -2.20. The Hall–Kier alpha value is -3.03. The fourth-order valence-corrected chi connectivity index (χ4v) is 3.41. The Morgan fingerprint density at radius 3 is 2.81 bits per heavy atom. The van der Waals surface area contributed by atoms with Gasteiger partial charge in [0.1, 0.15) is 11.8 Å². The summed E-state index contributed by atoms with van der Waals surface area (Å²) >= 11 is 6.30. The summed E-state index contributed by atoms with van der Waals surface area (Å²) < 4.78 is 13.5. The lowest BCUT2D eigenvalue weighted by atomic mass is 10.1. The Labute approximate surface area is 159 Å². The largest absolute Gasteiger partial charge is 0.365 e. The van der Waals surface area contributed by atoms with Crippen LogP contribution in [0.15, 0.2) is 59.5 Å². The molecule has 27 heavy (non-hydrogen) atoms. The van der Waals surface area contributed by atoms with E-state index in [2.05, 4.69) is 20.1 Å². The smallest absolute Gasteiger partial charge is 0.278 e. The zero-order valence-corrected chi connectivity index (χ0v) is 14.9. The van der Waals surface area contributed by atoms with Crippen LogP contribution < -0.4 is 0 Å². The van der Waals surface area contributed by atoms with E-state index in [0.717, 1.165) is 11.3 Å². The molecule has 1 atom stereocenters. The molecule has 0 saturated heterocycles. The number of ether oxygens (including phenoxy) is 1. The van der Waals surface area contributed by atoms with Crippen LogP contribution in [-0.2, 0) is 17.9 Å². The van der Waals surface area contributed by atoms with Crippen molar-refractivity contribution in [2.24, 2.45) is 0 Å². The van der Waals surface area contributed by atoms with Gasteiger partial charge >= 0.3 is 0 Å². The van der Waals surface area contributed by atoms with Crippen LogP contribution in [0.3, 0.4) is 0 Å². The van der Waals surface area contributed by atoms with Crippen LogP contribution in [0.2, 0.25) is 5.02 Å². The number of halogens is 1. The molecule has 0 N–H and O–H groups in total. The number of fused-ring (bicyclic) bond motifs is 1. The SMILES string of the molecule is Clc1ccccc1C1Cn2cnc(-c3nc(-c4ccccn4)no3)c2CO1. The average Bonchev–Trinajstić information content (AvgIpc) is 3.35. The molecule has 5 rings (SSSR count). The van der Waals surface area contributed by atoms with Crippen molar-refractivity contribution in [3.63, 3.8) is 0 Å². The number of hydrogen-bond donors (Lipinski definition) is 0. The predicted octanol–water partition coefficient (Wildman–Crippen LogP) is 3.92. The van der Waals surface area contributed by atoms with Crippen LogP contribution in [0.1, 0.15) is 17.4 Å². The van der Waals surface area contributed by atoms with Gasteiger partial charge in [-0.05, 0) is 18.2 Å². The number of pyridine rings is 1. The molecule has 0 spiro atoms. The quantitative estimate of drug-likeness (QED) is 0.536. The summed E-state index contributed by atoms with van der Waals surface area (Å²) in [5.74, 6) is 0.780. The molecule has 0 fully saturated rings. The second-order valence-corrected chi connectivity index (χ2v) is 6.56. The average molecular weight is 380 g/mol. The summed E-state index contributed by atoms with van der Waals surface area (Å²) in [4.78, 5) is 13.1. The molecule has 4 heterocycles. The fourth-order valence-electron chi connectivity index (χ4n) is 3.15. The summed E-state index contributed by atoms with van der Waals surface area (Å²) in [6.45, 7) is 1.000. The lowest BCUT2D eigenvalue weighted by Gasteiger charge is -2.26. The van der Waals surface area contributed by atoms with Gasteiger partial charge in [-0.1, -0.05) is 41.0 Å². The molecular formula is C19H14ClN5O2. The van der Waals surface area contributed by atoms with Crippen LogP contribution in [0.4, 0.5) is 0 Å². The molecule has 0 bridgehead atoms. The number of rotatable bonds is 3. The number of benzene rings is 1. The normalized spacial score (nSPS) is 16.3. The van der Waals surface area contributed by atoms with E-state index in [-0.39, 0.29) is 6.10 Å². The van der Waals surface area contributed by atoms with Gasteiger partial charge in [0, 0.05) is 16.8 Å². The Morgan fingerprint density at radius 1 is 1.07 bits per heavy atom. The highest BCUT2D eigenvalue weighted by molar-refractivity contribution is 6.31. The standard InChI is InChI=1S/C19H14ClN5O2/c20-13-6-2-1-5-12(13)16-9-25-11-22-17(15(25)10-26-16)19-23-18(24-27-19)14-7-3-4-8-21-14/h1-8,11,16H,9-10H2. The molecule has 0 radical (unpaired) electrons. The maximum Gasteiger partial charge on any atom is 0.278 e. The third kappa shape index (κ3) is 2.90. The van der Waals surface area contributed by atoms with Crippen LogP contribution in [0, 0.1) is 0 Å². The zero-order chi connectivity index (χ0) is 18.2. The zero-order valence-electron chi connectivity index (χ0n) is 14.1. The minimum absolute atomic E-state index is 0.125. The van der Waals surface area contributed by atoms with E-state index in [1.165, 1.54) is 0 Å². The first kappa shape index (κ1) is 16.2. The maximum absolute atomic E-state index is 6.30. The highest BCUT2D eigenvalue weighted by Crippen LogP contribution is 2.34. The van der Waals surface area contributed by atoms with Crippen LogP contribution >= 0.6 is 11.6 Å². The summed E-state index contributed by atoms with van der Waals surface area (Å²) in [5.41, 5.74) is 3.14. The van der Waals surface area contributed by atoms with Crippen molar-refractivity contribution >= 4 is 11.6 Å². The summed E-state index contributed by atoms with van der Waals surface area (Å²) in [7, 11) is 0. The number of nitrogens with zero attached hydrogens (tertiary/aromatic N) is 5. The first-order chi connectivity index (χ1) is 13.3. The van der Waals surface area contributed by atoms with Crippen molar-refractivity contribution in [3.05, 3.63) is 71.3 Å². The molecule has 0 aliphatic carbocycles. The Balaban J connectivity index is 1.44. The second-order valence-electron chi connectivity index (χ2n) is 6.15. The molecule has 1 aliphatic rings. The van der Waals surface area contributed by atoms with E-state index in [0.29, 0.717) is 41.3 Å². The molecule has 1 aromatic carbocycles. The van der Waals surface area contributed by atoms with Gasteiger partial charge in [0.05, 0.1) is 25.2 Å². The molecule has 1 unspecified atom stereocenters. The van der Waals surface area contributed by atoms with Gasteiger partial charge in [0.2, 0.25) is 5.82 Å². The van der Waals surface area contributed by atoms with E-state index in [4.69, 9.17) is 20.9 Å². The molecule has 3 aromatic heterocycles. The first-order valence-corrected chi connectivity index (χ1v) is 8.83. The molecular weight excluding hydrogens is 366 g/mol. The second kappa shape index (κ2) is 6.61. The monoisotopic (exact) mass is 379 g/mol. The Morgan fingerprint density at radius 2 is 1.96 bits per heavy atom. The van der Waals surface area contributed by atoms with Crippen molar-refractivity contribution in [1.29, 1.82) is 0 Å². The van der Waals surface area contributed by atoms with Gasteiger partial charge < -0.3 is 13.8 Å². The Kier molecular flexibility index (Phi) is 3.95. The molecule has 4 aromatic rings. The van der Waals surface area contributed by atoms with Crippen molar-refractivity contribution in [3.8, 4) is 23.1 Å². The third-order valence-corrected chi connectivity index (χ3v) is 4.85. The van der Waals surface area contributed by atoms with E-state index in [9.17, 15) is 0 Å². The Bertz CT molecular complexity index is 1090. The topological polar surface area (TPSA) is 78.9 Å². The number of imidazole rings is 1. The lowest BCUT2D eigenvalue weighted by molar-refractivity contribution is 0.00336. The summed E-state index contributed by atoms with van der Waals surface area (Å²) in [6, 6.07) is 13.2. The maximum atomic E-state index is 6.30. The number of aromatic nitrogens is 5. The van der Waals surface area contributed by atoms with Gasteiger partial charge in [-0.2, -0.15) is 4.98 Å². The van der Waals surface area contributed by atoms with Gasteiger partial charge in [-0.15, -0.1) is 0 Å². The van der Waals surface area contributed by atoms with Crippen LogP contribution in [-0.4, -0.2) is 24.7 Å². The van der Waals surface area contributed by atoms with Gasteiger partial charge in [-0.25, -0.2) is 4.98 Å². The fraction of sp³-hybridized carbons (Fsp3) is 0.158. The molecule has 134 valence electrons.